The maximum Gasteiger partial charge on any atom is 0.311 e. The quantitative estimate of drug-likeness (QED) is 0.101. The van der Waals surface area contributed by atoms with Crippen molar-refractivity contribution in [2.24, 2.45) is 29.1 Å². The molecule has 46 heavy (non-hydrogen) atoms. The molecule has 248 valence electrons. The molecule has 0 saturated heterocycles. The van der Waals surface area contributed by atoms with Gasteiger partial charge in [0, 0.05) is 18.3 Å². The van der Waals surface area contributed by atoms with Crippen LogP contribution in [-0.4, -0.2) is 34.2 Å². The minimum absolute atomic E-state index is 0.0992. The zero-order chi connectivity index (χ0) is 32.1. The molecule has 2 N–H and O–H groups in total. The largest absolute Gasteiger partial charge is 0.427 e. The third-order valence-electron chi connectivity index (χ3n) is 12.4. The van der Waals surface area contributed by atoms with Crippen molar-refractivity contribution in [2.45, 2.75) is 128 Å². The predicted molar refractivity (Wildman–Crippen MR) is 182 cm³/mol. The van der Waals surface area contributed by atoms with Crippen LogP contribution in [0.1, 0.15) is 119 Å². The molecule has 0 aliphatic heterocycles. The van der Waals surface area contributed by atoms with Gasteiger partial charge in [-0.3, -0.25) is 9.59 Å². The molecule has 6 rings (SSSR count). The van der Waals surface area contributed by atoms with Crippen molar-refractivity contribution >= 4 is 11.8 Å². The van der Waals surface area contributed by atoms with E-state index in [-0.39, 0.29) is 29.5 Å². The monoisotopic (exact) mass is 626 g/mol. The van der Waals surface area contributed by atoms with Crippen molar-refractivity contribution in [3.05, 3.63) is 77.4 Å². The van der Waals surface area contributed by atoms with Crippen LogP contribution in [0.15, 0.2) is 60.7 Å². The molecule has 5 nitrogen and oxygen atoms in total. The van der Waals surface area contributed by atoms with E-state index in [1.807, 2.05) is 24.3 Å². The Bertz CT molecular complexity index is 1370. The lowest BCUT2D eigenvalue weighted by Crippen LogP contribution is -2.42. The number of rotatable bonds is 13. The van der Waals surface area contributed by atoms with Gasteiger partial charge in [0.2, 0.25) is 0 Å². The Morgan fingerprint density at radius 3 is 2.72 bits per heavy atom. The Labute approximate surface area is 275 Å². The third kappa shape index (κ3) is 7.52. The molecular weight excluding hydrogens is 572 g/mol. The number of ketones is 1. The Hall–Kier alpha value is -2.76. The Balaban J connectivity index is 0.895. The number of carbonyl (C=O) groups is 2. The topological polar surface area (TPSA) is 83.8 Å². The summed E-state index contributed by atoms with van der Waals surface area (Å²) in [6, 6.07) is 16.6. The summed E-state index contributed by atoms with van der Waals surface area (Å²) in [5.41, 5.74) is 3.89. The summed E-state index contributed by atoms with van der Waals surface area (Å²) in [7, 11) is 0. The van der Waals surface area contributed by atoms with Gasteiger partial charge in [-0.25, -0.2) is 0 Å². The fourth-order valence-electron chi connectivity index (χ4n) is 9.68. The van der Waals surface area contributed by atoms with Crippen LogP contribution in [0.4, 0.5) is 0 Å². The molecule has 0 bridgehead atoms. The highest BCUT2D eigenvalue weighted by Gasteiger charge is 2.54. The number of aryl methyl sites for hydroxylation is 2. The minimum atomic E-state index is -0.328. The van der Waals surface area contributed by atoms with E-state index in [4.69, 9.17) is 4.74 Å². The van der Waals surface area contributed by atoms with Crippen molar-refractivity contribution in [3.8, 4) is 5.75 Å². The summed E-state index contributed by atoms with van der Waals surface area (Å²) >= 11 is 0. The maximum atomic E-state index is 12.6. The number of carbonyl (C=O) groups excluding carboxylic acids is 2. The van der Waals surface area contributed by atoms with Crippen molar-refractivity contribution in [1.29, 1.82) is 0 Å². The number of aliphatic hydroxyl groups is 2. The number of ether oxygens (including phenoxy) is 1. The van der Waals surface area contributed by atoms with E-state index in [1.54, 1.807) is 0 Å². The summed E-state index contributed by atoms with van der Waals surface area (Å²) in [5.74, 6) is 3.33. The molecule has 8 atom stereocenters. The second-order valence-electron chi connectivity index (χ2n) is 15.1. The zero-order valence-electron chi connectivity index (χ0n) is 27.7. The molecule has 0 amide bonds. The molecule has 2 aromatic rings. The van der Waals surface area contributed by atoms with Crippen LogP contribution in [0, 0.1) is 29.1 Å². The van der Waals surface area contributed by atoms with Gasteiger partial charge in [0.25, 0.3) is 0 Å². The van der Waals surface area contributed by atoms with Crippen LogP contribution in [-0.2, 0) is 22.4 Å². The summed E-state index contributed by atoms with van der Waals surface area (Å²) < 4.78 is 5.76. The van der Waals surface area contributed by atoms with Crippen LogP contribution in [0.5, 0.6) is 5.75 Å². The lowest BCUT2D eigenvalue weighted by molar-refractivity contribution is -0.134. The summed E-state index contributed by atoms with van der Waals surface area (Å²) in [5, 5.41) is 21.1. The van der Waals surface area contributed by atoms with Crippen molar-refractivity contribution in [2.75, 3.05) is 0 Å². The molecule has 4 aliphatic carbocycles. The van der Waals surface area contributed by atoms with E-state index in [0.717, 1.165) is 96.3 Å². The molecule has 0 radical (unpaired) electrons. The van der Waals surface area contributed by atoms with Gasteiger partial charge in [-0.1, -0.05) is 55.5 Å². The predicted octanol–water partition coefficient (Wildman–Crippen LogP) is 8.29. The van der Waals surface area contributed by atoms with Gasteiger partial charge in [-0.15, -0.1) is 0 Å². The number of esters is 1. The second kappa shape index (κ2) is 15.0. The van der Waals surface area contributed by atoms with E-state index in [1.165, 1.54) is 16.7 Å². The van der Waals surface area contributed by atoms with Crippen LogP contribution in [0.2, 0.25) is 0 Å². The first-order valence-corrected chi connectivity index (χ1v) is 18.2. The lowest BCUT2D eigenvalue weighted by Gasteiger charge is -2.48. The summed E-state index contributed by atoms with van der Waals surface area (Å²) in [6.07, 6.45) is 17.9. The van der Waals surface area contributed by atoms with E-state index >= 15 is 0 Å². The van der Waals surface area contributed by atoms with E-state index in [9.17, 15) is 19.8 Å². The van der Waals surface area contributed by atoms with Gasteiger partial charge >= 0.3 is 5.97 Å². The average Bonchev–Trinajstić information content (AvgIpc) is 3.57. The first-order valence-electron chi connectivity index (χ1n) is 18.2. The molecule has 2 aromatic carbocycles. The van der Waals surface area contributed by atoms with Gasteiger partial charge in [0.1, 0.15) is 11.5 Å². The molecule has 0 unspecified atom stereocenters. The highest BCUT2D eigenvalue weighted by atomic mass is 16.5. The van der Waals surface area contributed by atoms with Crippen LogP contribution >= 0.6 is 0 Å². The fraction of sp³-hybridized carbons (Fsp3) is 0.610. The summed E-state index contributed by atoms with van der Waals surface area (Å²) in [6.45, 7) is 2.22. The normalized spacial score (nSPS) is 31.0. The van der Waals surface area contributed by atoms with E-state index < -0.39 is 0 Å². The molecule has 0 heterocycles. The standard InChI is InChI=1S/C41H54O5/c1-41-26-25-35-33-21-18-32(27-30(33)14-19-36(35)37(41)22-24-39(41)44)46-40(45)12-8-3-2-7-11-29-15-23-38(43)34(29)20-17-31(42)16-13-28-9-5-4-6-10-28/h2,4-7,9-10,18,21,27,29,31,34-38,42-43H,3,8,11-17,19-20,22-26H2,1H3/b7-2-/t29-,31-,34+,35+,36+,37-,38+,41-/m0/s1. The molecular formula is C41H54O5. The first-order chi connectivity index (χ1) is 22.3. The van der Waals surface area contributed by atoms with Gasteiger partial charge in [-0.05, 0) is 148 Å². The van der Waals surface area contributed by atoms with Gasteiger partial charge < -0.3 is 14.9 Å². The average molecular weight is 627 g/mol. The van der Waals surface area contributed by atoms with Crippen LogP contribution in [0.3, 0.4) is 0 Å². The minimum Gasteiger partial charge on any atom is -0.427 e. The number of hydrogen-bond acceptors (Lipinski definition) is 5. The molecule has 3 fully saturated rings. The number of allylic oxidation sites excluding steroid dienone is 2. The molecule has 0 spiro atoms. The number of hydrogen-bond donors (Lipinski definition) is 2. The number of Topliss-reactive ketones (excluding diaryl/α,β-unsaturated/α-hetero) is 1. The van der Waals surface area contributed by atoms with Crippen LogP contribution < -0.4 is 4.74 Å². The third-order valence-corrected chi connectivity index (χ3v) is 12.4. The number of unbranched alkanes of at least 4 members (excludes halogenated alkanes) is 1. The second-order valence-corrected chi connectivity index (χ2v) is 15.1. The van der Waals surface area contributed by atoms with E-state index in [2.05, 4.69) is 43.3 Å². The van der Waals surface area contributed by atoms with Gasteiger partial charge in [0.05, 0.1) is 12.2 Å². The van der Waals surface area contributed by atoms with Gasteiger partial charge in [-0.2, -0.15) is 0 Å². The fourth-order valence-corrected chi connectivity index (χ4v) is 9.68. The smallest absolute Gasteiger partial charge is 0.311 e. The van der Waals surface area contributed by atoms with Crippen LogP contribution in [0.25, 0.3) is 0 Å². The van der Waals surface area contributed by atoms with Gasteiger partial charge in [0.15, 0.2) is 0 Å². The molecule has 4 aliphatic rings. The van der Waals surface area contributed by atoms with E-state index in [0.29, 0.717) is 41.6 Å². The molecule has 3 saturated carbocycles. The Kier molecular flexibility index (Phi) is 10.8. The van der Waals surface area contributed by atoms with Crippen molar-refractivity contribution < 1.29 is 24.5 Å². The van der Waals surface area contributed by atoms with Crippen molar-refractivity contribution in [3.63, 3.8) is 0 Å². The Morgan fingerprint density at radius 2 is 1.87 bits per heavy atom. The number of aliphatic hydroxyl groups excluding tert-OH is 2. The highest BCUT2D eigenvalue weighted by Crippen LogP contribution is 2.59. The highest BCUT2D eigenvalue weighted by molar-refractivity contribution is 5.87. The van der Waals surface area contributed by atoms with Crippen molar-refractivity contribution in [1.82, 2.24) is 0 Å². The lowest BCUT2D eigenvalue weighted by atomic mass is 9.55. The SMILES string of the molecule is C[C@]12CC[C@@H]3c4ccc(OC(=O)CCC/C=C\C[C@H]5CC[C@@H](O)[C@@H]5CC[C@@H](O)CCc5ccccc5)cc4CC[C@H]3[C@@H]1CCC2=O. The molecule has 0 aromatic heterocycles. The number of benzene rings is 2. The summed E-state index contributed by atoms with van der Waals surface area (Å²) in [4.78, 5) is 25.3. The first kappa shape index (κ1) is 33.2. The molecule has 5 heteroatoms. The maximum absolute atomic E-state index is 12.6. The zero-order valence-corrected chi connectivity index (χ0v) is 27.7. The Morgan fingerprint density at radius 1 is 1.02 bits per heavy atom. The number of fused-ring (bicyclic) bond motifs is 5.